The second-order valence-corrected chi connectivity index (χ2v) is 7.70. The molecule has 24 heavy (non-hydrogen) atoms. The highest BCUT2D eigenvalue weighted by molar-refractivity contribution is 6.53. The third kappa shape index (κ3) is 2.45. The fraction of sp³-hybridized carbons (Fsp3) is 0.400. The Morgan fingerprint density at radius 2 is 1.71 bits per heavy atom. The molecule has 2 aromatic rings. The van der Waals surface area contributed by atoms with E-state index < -0.39 is 0 Å². The second kappa shape index (κ2) is 5.37. The van der Waals surface area contributed by atoms with Gasteiger partial charge in [-0.1, -0.05) is 24.3 Å². The number of benzene rings is 1. The zero-order valence-electron chi connectivity index (χ0n) is 14.9. The number of fused-ring (bicyclic) bond motifs is 2. The van der Waals surface area contributed by atoms with Gasteiger partial charge < -0.3 is 13.9 Å². The molecule has 0 N–H and O–H groups in total. The quantitative estimate of drug-likeness (QED) is 0.738. The molecule has 0 radical (unpaired) electrons. The zero-order chi connectivity index (χ0) is 16.9. The molecule has 1 fully saturated rings. The van der Waals surface area contributed by atoms with Gasteiger partial charge in [-0.3, -0.25) is 0 Å². The highest BCUT2D eigenvalue weighted by Crippen LogP contribution is 2.39. The van der Waals surface area contributed by atoms with E-state index in [0.29, 0.717) is 0 Å². The van der Waals surface area contributed by atoms with Gasteiger partial charge in [0, 0.05) is 18.4 Å². The number of hydrogen-bond donors (Lipinski definition) is 0. The fourth-order valence-corrected chi connectivity index (χ4v) is 3.50. The van der Waals surface area contributed by atoms with E-state index in [4.69, 9.17) is 9.31 Å². The molecule has 124 valence electrons. The molecule has 0 saturated carbocycles. The van der Waals surface area contributed by atoms with E-state index in [1.165, 1.54) is 22.4 Å². The Morgan fingerprint density at radius 1 is 1.00 bits per heavy atom. The summed E-state index contributed by atoms with van der Waals surface area (Å²) in [5.41, 5.74) is 4.46. The van der Waals surface area contributed by atoms with Crippen molar-refractivity contribution in [2.24, 2.45) is 0 Å². The standard InChI is InChI=1S/C20H24BNO2/c1-19(2)20(3,4)24-21(23-19)14-17-16-9-6-5-8-15(16)11-13-22-12-7-10-18(17)22/h5-10,12,14H,11,13H2,1-4H3. The molecule has 2 aliphatic heterocycles. The first-order valence-corrected chi connectivity index (χ1v) is 8.69. The van der Waals surface area contributed by atoms with Gasteiger partial charge in [-0.15, -0.1) is 0 Å². The predicted octanol–water partition coefficient (Wildman–Crippen LogP) is 4.11. The first kappa shape index (κ1) is 15.7. The van der Waals surface area contributed by atoms with Crippen LogP contribution in [0, 0.1) is 0 Å². The molecule has 1 aromatic carbocycles. The number of aromatic nitrogens is 1. The topological polar surface area (TPSA) is 23.4 Å². The van der Waals surface area contributed by atoms with Crippen LogP contribution in [0.15, 0.2) is 48.6 Å². The lowest BCUT2D eigenvalue weighted by atomic mass is 9.83. The SMILES string of the molecule is CC1(C)OB(C=C2c3ccccc3CCn3cccc32)OC1(C)C. The molecule has 3 nitrogen and oxygen atoms in total. The van der Waals surface area contributed by atoms with Crippen molar-refractivity contribution in [1.82, 2.24) is 4.57 Å². The van der Waals surface area contributed by atoms with Crippen LogP contribution in [0.5, 0.6) is 0 Å². The summed E-state index contributed by atoms with van der Waals surface area (Å²) in [4.78, 5) is 0. The molecule has 0 amide bonds. The zero-order valence-corrected chi connectivity index (χ0v) is 14.9. The lowest BCUT2D eigenvalue weighted by Crippen LogP contribution is -2.41. The summed E-state index contributed by atoms with van der Waals surface area (Å²) >= 11 is 0. The van der Waals surface area contributed by atoms with Crippen LogP contribution in [0.2, 0.25) is 0 Å². The average molecular weight is 321 g/mol. The first-order valence-electron chi connectivity index (χ1n) is 8.69. The van der Waals surface area contributed by atoms with Crippen LogP contribution in [0.4, 0.5) is 0 Å². The van der Waals surface area contributed by atoms with Crippen LogP contribution in [-0.2, 0) is 22.3 Å². The largest absolute Gasteiger partial charge is 0.487 e. The van der Waals surface area contributed by atoms with E-state index in [-0.39, 0.29) is 18.3 Å². The van der Waals surface area contributed by atoms with Crippen LogP contribution in [0.25, 0.3) is 5.57 Å². The number of aryl methyl sites for hydroxylation is 2. The van der Waals surface area contributed by atoms with Gasteiger partial charge >= 0.3 is 7.12 Å². The van der Waals surface area contributed by atoms with Crippen LogP contribution < -0.4 is 0 Å². The van der Waals surface area contributed by atoms with Gasteiger partial charge in [-0.25, -0.2) is 0 Å². The Kier molecular flexibility index (Phi) is 3.52. The second-order valence-electron chi connectivity index (χ2n) is 7.70. The van der Waals surface area contributed by atoms with Gasteiger partial charge in [0.05, 0.1) is 11.2 Å². The van der Waals surface area contributed by atoms with Crippen molar-refractivity contribution >= 4 is 12.7 Å². The monoisotopic (exact) mass is 321 g/mol. The van der Waals surface area contributed by atoms with Crippen molar-refractivity contribution in [3.63, 3.8) is 0 Å². The summed E-state index contributed by atoms with van der Waals surface area (Å²) < 4.78 is 14.7. The third-order valence-corrected chi connectivity index (χ3v) is 5.61. The first-order chi connectivity index (χ1) is 11.4. The van der Waals surface area contributed by atoms with Gasteiger partial charge in [0.2, 0.25) is 0 Å². The Bertz CT molecular complexity index is 787. The Morgan fingerprint density at radius 3 is 2.46 bits per heavy atom. The van der Waals surface area contributed by atoms with Crippen LogP contribution in [0.3, 0.4) is 0 Å². The Balaban J connectivity index is 1.81. The van der Waals surface area contributed by atoms with Crippen LogP contribution >= 0.6 is 0 Å². The van der Waals surface area contributed by atoms with Crippen molar-refractivity contribution in [3.8, 4) is 0 Å². The molecule has 1 aromatic heterocycles. The van der Waals surface area contributed by atoms with Crippen molar-refractivity contribution in [1.29, 1.82) is 0 Å². The molecule has 1 saturated heterocycles. The van der Waals surface area contributed by atoms with Crippen molar-refractivity contribution in [3.05, 3.63) is 65.4 Å². The molecule has 4 heteroatoms. The van der Waals surface area contributed by atoms with Gasteiger partial charge in [-0.05, 0) is 68.9 Å². The van der Waals surface area contributed by atoms with E-state index in [1.54, 1.807) is 0 Å². The summed E-state index contributed by atoms with van der Waals surface area (Å²) in [5.74, 6) is 2.15. The van der Waals surface area contributed by atoms with Crippen molar-refractivity contribution in [2.45, 2.75) is 51.9 Å². The Hall–Kier alpha value is -1.78. The smallest absolute Gasteiger partial charge is 0.400 e. The van der Waals surface area contributed by atoms with Gasteiger partial charge in [0.25, 0.3) is 0 Å². The highest BCUT2D eigenvalue weighted by Gasteiger charge is 2.50. The minimum absolute atomic E-state index is 0.318. The van der Waals surface area contributed by atoms with Gasteiger partial charge in [0.1, 0.15) is 0 Å². The summed E-state index contributed by atoms with van der Waals surface area (Å²) in [6, 6.07) is 12.9. The summed E-state index contributed by atoms with van der Waals surface area (Å²) in [6.45, 7) is 9.37. The van der Waals surface area contributed by atoms with E-state index in [1.807, 2.05) is 0 Å². The van der Waals surface area contributed by atoms with E-state index in [9.17, 15) is 0 Å². The summed E-state index contributed by atoms with van der Waals surface area (Å²) in [6.07, 6.45) is 3.19. The average Bonchev–Trinajstić information content (AvgIpc) is 3.01. The molecule has 0 bridgehead atoms. The third-order valence-electron chi connectivity index (χ3n) is 5.61. The molecule has 0 atom stereocenters. The normalized spacial score (nSPS) is 23.0. The van der Waals surface area contributed by atoms with E-state index in [2.05, 4.69) is 80.8 Å². The van der Waals surface area contributed by atoms with Crippen LogP contribution in [-0.4, -0.2) is 22.9 Å². The van der Waals surface area contributed by atoms with Gasteiger partial charge in [0.15, 0.2) is 0 Å². The van der Waals surface area contributed by atoms with E-state index >= 15 is 0 Å². The van der Waals surface area contributed by atoms with Crippen molar-refractivity contribution in [2.75, 3.05) is 0 Å². The molecule has 0 unspecified atom stereocenters. The maximum Gasteiger partial charge on any atom is 0.487 e. The molecule has 2 aliphatic rings. The maximum absolute atomic E-state index is 6.21. The minimum Gasteiger partial charge on any atom is -0.400 e. The molecule has 3 heterocycles. The van der Waals surface area contributed by atoms with Crippen molar-refractivity contribution < 1.29 is 9.31 Å². The molecular formula is C20H24BNO2. The van der Waals surface area contributed by atoms with E-state index in [0.717, 1.165) is 13.0 Å². The molecular weight excluding hydrogens is 297 g/mol. The Labute approximate surface area is 144 Å². The summed E-state index contributed by atoms with van der Waals surface area (Å²) in [7, 11) is -0.334. The highest BCUT2D eigenvalue weighted by atomic mass is 16.7. The fourth-order valence-electron chi connectivity index (χ4n) is 3.50. The lowest BCUT2D eigenvalue weighted by molar-refractivity contribution is 0.00578. The summed E-state index contributed by atoms with van der Waals surface area (Å²) in [5, 5.41) is 0. The maximum atomic E-state index is 6.21. The van der Waals surface area contributed by atoms with Gasteiger partial charge in [-0.2, -0.15) is 0 Å². The van der Waals surface area contributed by atoms with Crippen LogP contribution in [0.1, 0.15) is 44.5 Å². The lowest BCUT2D eigenvalue weighted by Gasteiger charge is -2.32. The number of rotatable bonds is 1. The molecule has 4 rings (SSSR count). The number of hydrogen-bond acceptors (Lipinski definition) is 2. The minimum atomic E-state index is -0.334. The molecule has 0 aliphatic carbocycles. The number of nitrogens with zero attached hydrogens (tertiary/aromatic N) is 1. The predicted molar refractivity (Wildman–Crippen MR) is 97.7 cm³/mol. The molecule has 0 spiro atoms.